The van der Waals surface area contributed by atoms with Gasteiger partial charge in [0.25, 0.3) is 0 Å². The van der Waals surface area contributed by atoms with Crippen LogP contribution in [0.2, 0.25) is 0 Å². The zero-order valence-electron chi connectivity index (χ0n) is 17.0. The van der Waals surface area contributed by atoms with E-state index in [1.807, 2.05) is 36.0 Å². The third-order valence-electron chi connectivity index (χ3n) is 5.55. The number of ether oxygens (including phenoxy) is 3. The van der Waals surface area contributed by atoms with Crippen molar-refractivity contribution in [3.63, 3.8) is 0 Å². The summed E-state index contributed by atoms with van der Waals surface area (Å²) in [4.78, 5) is 14.7. The third-order valence-corrected chi connectivity index (χ3v) is 5.55. The fourth-order valence-corrected chi connectivity index (χ4v) is 4.01. The normalized spacial score (nSPS) is 19.5. The van der Waals surface area contributed by atoms with Crippen molar-refractivity contribution >= 4 is 11.7 Å². The average molecular weight is 400 g/mol. The predicted octanol–water partition coefficient (Wildman–Crippen LogP) is 2.10. The third kappa shape index (κ3) is 4.09. The summed E-state index contributed by atoms with van der Waals surface area (Å²) >= 11 is 0. The number of benzene rings is 1. The molecule has 0 radical (unpaired) electrons. The van der Waals surface area contributed by atoms with E-state index in [4.69, 9.17) is 14.2 Å². The van der Waals surface area contributed by atoms with Gasteiger partial charge in [-0.05, 0) is 13.0 Å². The summed E-state index contributed by atoms with van der Waals surface area (Å²) in [7, 11) is 1.64. The first-order chi connectivity index (χ1) is 14.2. The molecule has 2 aromatic rings. The average Bonchev–Trinajstić information content (AvgIpc) is 3.16. The van der Waals surface area contributed by atoms with E-state index in [1.165, 1.54) is 0 Å². The molecule has 0 spiro atoms. The standard InChI is InChI=1S/C21H28N4O4/c1-3-25-21-17(14-22-25)16(13-19(26)23-21)15-5-4-6-18(27-2)20(15)29-12-9-24-7-10-28-11-8-24/h4-6,14,16H,3,7-13H2,1-2H3,(H,23,26). The van der Waals surface area contributed by atoms with Crippen LogP contribution < -0.4 is 14.8 Å². The molecular weight excluding hydrogens is 372 g/mol. The van der Waals surface area contributed by atoms with E-state index in [9.17, 15) is 4.79 Å². The van der Waals surface area contributed by atoms with Gasteiger partial charge in [-0.25, -0.2) is 4.68 Å². The first-order valence-electron chi connectivity index (χ1n) is 10.2. The number of amides is 1. The van der Waals surface area contributed by atoms with Crippen LogP contribution in [0.3, 0.4) is 0 Å². The Morgan fingerprint density at radius 3 is 2.86 bits per heavy atom. The number of hydrogen-bond donors (Lipinski definition) is 1. The lowest BCUT2D eigenvalue weighted by atomic mass is 9.86. The highest BCUT2D eigenvalue weighted by molar-refractivity contribution is 5.94. The first kappa shape index (κ1) is 19.7. The van der Waals surface area contributed by atoms with Crippen molar-refractivity contribution in [1.29, 1.82) is 0 Å². The van der Waals surface area contributed by atoms with Gasteiger partial charge in [0.15, 0.2) is 11.5 Å². The molecule has 2 aliphatic rings. The van der Waals surface area contributed by atoms with E-state index in [2.05, 4.69) is 15.3 Å². The number of carbonyl (C=O) groups excluding carboxylic acids is 1. The van der Waals surface area contributed by atoms with Crippen molar-refractivity contribution in [2.24, 2.45) is 0 Å². The monoisotopic (exact) mass is 400 g/mol. The molecule has 1 aromatic carbocycles. The summed E-state index contributed by atoms with van der Waals surface area (Å²) in [5.41, 5.74) is 1.97. The second-order valence-electron chi connectivity index (χ2n) is 7.25. The fourth-order valence-electron chi connectivity index (χ4n) is 4.01. The Hall–Kier alpha value is -2.58. The molecule has 2 aliphatic heterocycles. The van der Waals surface area contributed by atoms with Crippen LogP contribution in [0.25, 0.3) is 0 Å². The molecule has 3 heterocycles. The maximum Gasteiger partial charge on any atom is 0.226 e. The second kappa shape index (κ2) is 8.84. The van der Waals surface area contributed by atoms with Gasteiger partial charge in [0.2, 0.25) is 5.91 Å². The van der Waals surface area contributed by atoms with Crippen LogP contribution in [0, 0.1) is 0 Å². The summed E-state index contributed by atoms with van der Waals surface area (Å²) in [5.74, 6) is 2.03. The molecule has 0 aliphatic carbocycles. The second-order valence-corrected chi connectivity index (χ2v) is 7.25. The Morgan fingerprint density at radius 2 is 2.10 bits per heavy atom. The quantitative estimate of drug-likeness (QED) is 0.767. The number of methoxy groups -OCH3 is 1. The molecule has 1 N–H and O–H groups in total. The lowest BCUT2D eigenvalue weighted by molar-refractivity contribution is -0.116. The van der Waals surface area contributed by atoms with Gasteiger partial charge in [0, 0.05) is 49.6 Å². The molecular formula is C21H28N4O4. The molecule has 0 saturated carbocycles. The van der Waals surface area contributed by atoms with E-state index < -0.39 is 0 Å². The molecule has 1 fully saturated rings. The number of nitrogens with zero attached hydrogens (tertiary/aromatic N) is 3. The van der Waals surface area contributed by atoms with Crippen LogP contribution in [0.15, 0.2) is 24.4 Å². The van der Waals surface area contributed by atoms with Crippen molar-refractivity contribution in [1.82, 2.24) is 14.7 Å². The minimum Gasteiger partial charge on any atom is -0.493 e. The largest absolute Gasteiger partial charge is 0.493 e. The van der Waals surface area contributed by atoms with E-state index in [0.29, 0.717) is 31.1 Å². The van der Waals surface area contributed by atoms with Crippen LogP contribution in [0.4, 0.5) is 5.82 Å². The molecule has 4 rings (SSSR count). The Kier molecular flexibility index (Phi) is 6.01. The molecule has 8 nitrogen and oxygen atoms in total. The van der Waals surface area contributed by atoms with Crippen molar-refractivity contribution in [2.45, 2.75) is 25.8 Å². The fraction of sp³-hybridized carbons (Fsp3) is 0.524. The van der Waals surface area contributed by atoms with E-state index in [1.54, 1.807) is 7.11 Å². The molecule has 8 heteroatoms. The Morgan fingerprint density at radius 1 is 1.28 bits per heavy atom. The van der Waals surface area contributed by atoms with Crippen LogP contribution in [-0.2, 0) is 16.1 Å². The molecule has 1 saturated heterocycles. The Labute approximate surface area is 170 Å². The Bertz CT molecular complexity index is 860. The van der Waals surface area contributed by atoms with Gasteiger partial charge in [-0.1, -0.05) is 12.1 Å². The number of rotatable bonds is 7. The number of anilines is 1. The summed E-state index contributed by atoms with van der Waals surface area (Å²) in [6, 6.07) is 5.86. The lowest BCUT2D eigenvalue weighted by Crippen LogP contribution is -2.38. The number of morpholine rings is 1. The minimum absolute atomic E-state index is 0.0141. The number of aromatic nitrogens is 2. The highest BCUT2D eigenvalue weighted by Gasteiger charge is 2.32. The van der Waals surface area contributed by atoms with Gasteiger partial charge < -0.3 is 19.5 Å². The van der Waals surface area contributed by atoms with Crippen LogP contribution in [-0.4, -0.2) is 67.2 Å². The number of fused-ring (bicyclic) bond motifs is 1. The van der Waals surface area contributed by atoms with Crippen LogP contribution in [0.5, 0.6) is 11.5 Å². The van der Waals surface area contributed by atoms with Gasteiger partial charge in [0.1, 0.15) is 12.4 Å². The van der Waals surface area contributed by atoms with E-state index in [-0.39, 0.29) is 11.8 Å². The van der Waals surface area contributed by atoms with Gasteiger partial charge >= 0.3 is 0 Å². The summed E-state index contributed by atoms with van der Waals surface area (Å²) in [6.07, 6.45) is 2.20. The SMILES string of the molecule is CCn1ncc2c1NC(=O)CC2c1cccc(OC)c1OCCN1CCOCC1. The van der Waals surface area contributed by atoms with Gasteiger partial charge in [-0.15, -0.1) is 0 Å². The molecule has 0 bridgehead atoms. The van der Waals surface area contributed by atoms with Crippen LogP contribution in [0.1, 0.15) is 30.4 Å². The highest BCUT2D eigenvalue weighted by atomic mass is 16.5. The summed E-state index contributed by atoms with van der Waals surface area (Å²) in [6.45, 7) is 7.45. The lowest BCUT2D eigenvalue weighted by Gasteiger charge is -2.28. The number of nitrogens with one attached hydrogen (secondary N) is 1. The van der Waals surface area contributed by atoms with E-state index in [0.717, 1.165) is 49.8 Å². The number of para-hydroxylation sites is 1. The maximum absolute atomic E-state index is 12.4. The van der Waals surface area contributed by atoms with Gasteiger partial charge in [-0.2, -0.15) is 5.10 Å². The summed E-state index contributed by atoms with van der Waals surface area (Å²) < 4.78 is 19.0. The predicted molar refractivity (Wildman–Crippen MR) is 109 cm³/mol. The van der Waals surface area contributed by atoms with Crippen molar-refractivity contribution in [3.8, 4) is 11.5 Å². The molecule has 1 unspecified atom stereocenters. The zero-order valence-corrected chi connectivity index (χ0v) is 17.0. The molecule has 156 valence electrons. The van der Waals surface area contributed by atoms with Crippen molar-refractivity contribution < 1.29 is 19.0 Å². The topological polar surface area (TPSA) is 77.9 Å². The summed E-state index contributed by atoms with van der Waals surface area (Å²) in [5, 5.41) is 7.40. The maximum atomic E-state index is 12.4. The van der Waals surface area contributed by atoms with Crippen molar-refractivity contribution in [3.05, 3.63) is 35.5 Å². The molecule has 1 aromatic heterocycles. The smallest absolute Gasteiger partial charge is 0.226 e. The Balaban J connectivity index is 1.60. The van der Waals surface area contributed by atoms with Gasteiger partial charge in [0.05, 0.1) is 26.5 Å². The number of aryl methyl sites for hydroxylation is 1. The molecule has 1 atom stereocenters. The zero-order chi connectivity index (χ0) is 20.2. The number of hydrogen-bond acceptors (Lipinski definition) is 6. The first-order valence-corrected chi connectivity index (χ1v) is 10.2. The number of carbonyl (C=O) groups is 1. The van der Waals surface area contributed by atoms with Crippen LogP contribution >= 0.6 is 0 Å². The van der Waals surface area contributed by atoms with Crippen molar-refractivity contribution in [2.75, 3.05) is 51.9 Å². The molecule has 29 heavy (non-hydrogen) atoms. The highest BCUT2D eigenvalue weighted by Crippen LogP contribution is 2.44. The van der Waals surface area contributed by atoms with E-state index >= 15 is 0 Å². The molecule has 1 amide bonds. The van der Waals surface area contributed by atoms with Gasteiger partial charge in [-0.3, -0.25) is 9.69 Å². The minimum atomic E-state index is -0.118.